The van der Waals surface area contributed by atoms with Crippen molar-refractivity contribution >= 4 is 17.8 Å². The lowest BCUT2D eigenvalue weighted by Gasteiger charge is -2.30. The number of hydrogen-bond acceptors (Lipinski definition) is 4. The first-order chi connectivity index (χ1) is 10.4. The highest BCUT2D eigenvalue weighted by atomic mass is 16.6. The van der Waals surface area contributed by atoms with Crippen molar-refractivity contribution in [3.63, 3.8) is 0 Å². The summed E-state index contributed by atoms with van der Waals surface area (Å²) in [4.78, 5) is 38.7. The smallest absolute Gasteiger partial charge is 0.313 e. The summed E-state index contributed by atoms with van der Waals surface area (Å²) in [5, 5.41) is 0. The van der Waals surface area contributed by atoms with Gasteiger partial charge in [0, 0.05) is 16.5 Å². The zero-order chi connectivity index (χ0) is 17.6. The lowest BCUT2D eigenvalue weighted by molar-refractivity contribution is -0.171. The number of rotatable bonds is 1. The van der Waals surface area contributed by atoms with Gasteiger partial charge >= 0.3 is 5.97 Å². The first-order valence-corrected chi connectivity index (χ1v) is 7.62. The molecule has 0 aliphatic carbocycles. The molecule has 0 aromatic heterocycles. The van der Waals surface area contributed by atoms with Crippen LogP contribution in [-0.4, -0.2) is 22.7 Å². The van der Waals surface area contributed by atoms with Gasteiger partial charge in [-0.2, -0.15) is 0 Å². The number of carbonyl (C=O) groups excluding carboxylic acids is 3. The SMILES string of the molecule is CC(C)(C)C(=O)O[C@@H]1c2ccccc2C(=O)N1C(=O)C(C)(C)C. The van der Waals surface area contributed by atoms with Crippen LogP contribution in [0.1, 0.15) is 63.7 Å². The van der Waals surface area contributed by atoms with Crippen LogP contribution < -0.4 is 0 Å². The summed E-state index contributed by atoms with van der Waals surface area (Å²) in [6, 6.07) is 6.84. The van der Waals surface area contributed by atoms with Gasteiger partial charge in [0.2, 0.25) is 12.1 Å². The third-order valence-corrected chi connectivity index (χ3v) is 3.60. The molecule has 2 amide bonds. The van der Waals surface area contributed by atoms with Crippen molar-refractivity contribution in [1.29, 1.82) is 0 Å². The number of fused-ring (bicyclic) bond motifs is 1. The van der Waals surface area contributed by atoms with Gasteiger partial charge in [0.1, 0.15) is 0 Å². The molecule has 23 heavy (non-hydrogen) atoms. The fourth-order valence-electron chi connectivity index (χ4n) is 2.24. The third-order valence-electron chi connectivity index (χ3n) is 3.60. The Hall–Kier alpha value is -2.17. The van der Waals surface area contributed by atoms with Crippen molar-refractivity contribution in [3.8, 4) is 0 Å². The minimum Gasteiger partial charge on any atom is -0.436 e. The second kappa shape index (κ2) is 5.48. The maximum absolute atomic E-state index is 12.7. The second-order valence-electron chi connectivity index (χ2n) is 7.83. The standard InChI is InChI=1S/C18H23NO4/c1-17(2,3)15(21)19-13(20)11-9-7-8-10-12(11)14(19)23-16(22)18(4,5)6/h7-10,14H,1-6H3/t14-/m1/s1. The van der Waals surface area contributed by atoms with Gasteiger partial charge in [-0.1, -0.05) is 39.0 Å². The molecule has 1 aromatic rings. The predicted molar refractivity (Wildman–Crippen MR) is 85.4 cm³/mol. The van der Waals surface area contributed by atoms with E-state index in [4.69, 9.17) is 4.74 Å². The molecule has 1 heterocycles. The summed E-state index contributed by atoms with van der Waals surface area (Å²) >= 11 is 0. The maximum Gasteiger partial charge on any atom is 0.313 e. The van der Waals surface area contributed by atoms with Crippen molar-refractivity contribution in [3.05, 3.63) is 35.4 Å². The molecule has 1 aromatic carbocycles. The third kappa shape index (κ3) is 3.14. The number of benzene rings is 1. The summed E-state index contributed by atoms with van der Waals surface area (Å²) in [6.07, 6.45) is -1.00. The second-order valence-corrected chi connectivity index (χ2v) is 7.83. The zero-order valence-corrected chi connectivity index (χ0v) is 14.5. The molecule has 0 N–H and O–H groups in total. The topological polar surface area (TPSA) is 63.7 Å². The summed E-state index contributed by atoms with van der Waals surface area (Å²) in [7, 11) is 0. The number of nitrogens with zero attached hydrogens (tertiary/aromatic N) is 1. The molecular formula is C18H23NO4. The Morgan fingerprint density at radius 3 is 2.09 bits per heavy atom. The van der Waals surface area contributed by atoms with Gasteiger partial charge in [0.05, 0.1) is 5.41 Å². The van der Waals surface area contributed by atoms with E-state index in [9.17, 15) is 14.4 Å². The quantitative estimate of drug-likeness (QED) is 0.746. The molecule has 5 nitrogen and oxygen atoms in total. The van der Waals surface area contributed by atoms with Gasteiger partial charge in [-0.3, -0.25) is 14.4 Å². The zero-order valence-electron chi connectivity index (χ0n) is 14.5. The van der Waals surface area contributed by atoms with Crippen LogP contribution in [0.2, 0.25) is 0 Å². The van der Waals surface area contributed by atoms with E-state index in [1.165, 1.54) is 0 Å². The summed E-state index contributed by atoms with van der Waals surface area (Å²) in [6.45, 7) is 10.4. The molecule has 1 atom stereocenters. The normalized spacial score (nSPS) is 17.9. The summed E-state index contributed by atoms with van der Waals surface area (Å²) in [5.41, 5.74) is -0.536. The maximum atomic E-state index is 12.7. The number of carbonyl (C=O) groups is 3. The van der Waals surface area contributed by atoms with Gasteiger partial charge < -0.3 is 4.74 Å². The van der Waals surface area contributed by atoms with Gasteiger partial charge in [-0.25, -0.2) is 4.90 Å². The molecule has 0 radical (unpaired) electrons. The Labute approximate surface area is 136 Å². The van der Waals surface area contributed by atoms with Crippen LogP contribution in [-0.2, 0) is 14.3 Å². The van der Waals surface area contributed by atoms with Crippen molar-refractivity contribution in [2.75, 3.05) is 0 Å². The molecule has 0 spiro atoms. The van der Waals surface area contributed by atoms with Crippen molar-refractivity contribution < 1.29 is 19.1 Å². The van der Waals surface area contributed by atoms with Crippen LogP contribution in [0.5, 0.6) is 0 Å². The highest BCUT2D eigenvalue weighted by Crippen LogP contribution is 2.38. The predicted octanol–water partition coefficient (Wildman–Crippen LogP) is 3.30. The van der Waals surface area contributed by atoms with Gasteiger partial charge in [-0.15, -0.1) is 0 Å². The largest absolute Gasteiger partial charge is 0.436 e. The average molecular weight is 317 g/mol. The van der Waals surface area contributed by atoms with Gasteiger partial charge in [0.15, 0.2) is 0 Å². The number of esters is 1. The van der Waals surface area contributed by atoms with Crippen LogP contribution >= 0.6 is 0 Å². The fourth-order valence-corrected chi connectivity index (χ4v) is 2.24. The molecule has 2 rings (SSSR count). The van der Waals surface area contributed by atoms with Crippen molar-refractivity contribution in [1.82, 2.24) is 4.90 Å². The van der Waals surface area contributed by atoms with E-state index >= 15 is 0 Å². The fraction of sp³-hybridized carbons (Fsp3) is 0.500. The van der Waals surface area contributed by atoms with Crippen LogP contribution in [0, 0.1) is 10.8 Å². The van der Waals surface area contributed by atoms with Crippen LogP contribution in [0.15, 0.2) is 24.3 Å². The Kier molecular flexibility index (Phi) is 4.09. The molecule has 0 saturated carbocycles. The highest BCUT2D eigenvalue weighted by Gasteiger charge is 2.46. The van der Waals surface area contributed by atoms with Gasteiger partial charge in [-0.05, 0) is 26.8 Å². The van der Waals surface area contributed by atoms with Crippen LogP contribution in [0.3, 0.4) is 0 Å². The Bertz CT molecular complexity index is 664. The Balaban J connectivity index is 2.47. The highest BCUT2D eigenvalue weighted by molar-refractivity contribution is 6.09. The first kappa shape index (κ1) is 17.2. The number of amides is 2. The molecule has 0 unspecified atom stereocenters. The molecule has 1 aliphatic heterocycles. The van der Waals surface area contributed by atoms with E-state index in [0.717, 1.165) is 4.90 Å². The summed E-state index contributed by atoms with van der Waals surface area (Å²) < 4.78 is 5.55. The lowest BCUT2D eigenvalue weighted by atomic mass is 9.94. The number of imide groups is 1. The van der Waals surface area contributed by atoms with E-state index in [1.54, 1.807) is 65.8 Å². The van der Waals surface area contributed by atoms with Crippen molar-refractivity contribution in [2.24, 2.45) is 10.8 Å². The van der Waals surface area contributed by atoms with Gasteiger partial charge in [0.25, 0.3) is 5.91 Å². The van der Waals surface area contributed by atoms with E-state index in [-0.39, 0.29) is 5.91 Å². The minimum absolute atomic E-state index is 0.370. The lowest BCUT2D eigenvalue weighted by Crippen LogP contribution is -2.43. The monoisotopic (exact) mass is 317 g/mol. The average Bonchev–Trinajstić information content (AvgIpc) is 2.69. The molecule has 0 fully saturated rings. The number of hydrogen-bond donors (Lipinski definition) is 0. The number of ether oxygens (including phenoxy) is 1. The molecule has 0 bridgehead atoms. The summed E-state index contributed by atoms with van der Waals surface area (Å²) in [5.74, 6) is -1.25. The van der Waals surface area contributed by atoms with E-state index in [2.05, 4.69) is 0 Å². The molecular weight excluding hydrogens is 294 g/mol. The van der Waals surface area contributed by atoms with E-state index in [1.807, 2.05) is 0 Å². The molecule has 5 heteroatoms. The van der Waals surface area contributed by atoms with Crippen LogP contribution in [0.25, 0.3) is 0 Å². The molecule has 0 saturated heterocycles. The molecule has 124 valence electrons. The minimum atomic E-state index is -1.00. The first-order valence-electron chi connectivity index (χ1n) is 7.62. The Morgan fingerprint density at radius 1 is 1.00 bits per heavy atom. The van der Waals surface area contributed by atoms with Crippen LogP contribution in [0.4, 0.5) is 0 Å². The van der Waals surface area contributed by atoms with E-state index < -0.39 is 28.9 Å². The Morgan fingerprint density at radius 2 is 1.57 bits per heavy atom. The van der Waals surface area contributed by atoms with Crippen molar-refractivity contribution in [2.45, 2.75) is 47.8 Å². The molecule has 1 aliphatic rings. The van der Waals surface area contributed by atoms with E-state index in [0.29, 0.717) is 11.1 Å².